The molecule has 37 heavy (non-hydrogen) atoms. The maximum atomic E-state index is 13.9. The van der Waals surface area contributed by atoms with Crippen LogP contribution < -0.4 is 5.32 Å². The van der Waals surface area contributed by atoms with Crippen LogP contribution in [0.1, 0.15) is 22.8 Å². The second-order valence-corrected chi connectivity index (χ2v) is 9.18. The molecule has 1 heterocycles. The van der Waals surface area contributed by atoms with Gasteiger partial charge in [-0.25, -0.2) is 9.18 Å². The quantitative estimate of drug-likeness (QED) is 0.346. The summed E-state index contributed by atoms with van der Waals surface area (Å²) >= 11 is 6.04. The zero-order valence-electron chi connectivity index (χ0n) is 19.8. The van der Waals surface area contributed by atoms with Gasteiger partial charge in [0.2, 0.25) is 0 Å². The topological polar surface area (TPSA) is 44.8 Å². The monoisotopic (exact) mass is 535 g/mol. The third-order valence-electron chi connectivity index (χ3n) is 6.17. The summed E-state index contributed by atoms with van der Waals surface area (Å²) in [5.74, 6) is -0.495. The van der Waals surface area contributed by atoms with Crippen molar-refractivity contribution in [1.82, 2.24) is 9.80 Å². The second kappa shape index (κ2) is 11.9. The van der Waals surface area contributed by atoms with Crippen molar-refractivity contribution >= 4 is 23.3 Å². The van der Waals surface area contributed by atoms with Gasteiger partial charge in [0.1, 0.15) is 5.82 Å². The molecule has 3 aromatic carbocycles. The van der Waals surface area contributed by atoms with Crippen LogP contribution in [0.2, 0.25) is 5.02 Å². The fourth-order valence-corrected chi connectivity index (χ4v) is 4.17. The van der Waals surface area contributed by atoms with Crippen molar-refractivity contribution in [2.45, 2.75) is 18.9 Å². The van der Waals surface area contributed by atoms with Crippen LogP contribution >= 0.6 is 11.6 Å². The van der Waals surface area contributed by atoms with Crippen LogP contribution in [0, 0.1) is 5.82 Å². The highest BCUT2D eigenvalue weighted by Crippen LogP contribution is 2.30. The Morgan fingerprint density at radius 1 is 0.946 bits per heavy atom. The highest BCUT2D eigenvalue weighted by Gasteiger charge is 2.30. The number of amides is 2. The summed E-state index contributed by atoms with van der Waals surface area (Å²) in [5, 5.41) is 3.19. The summed E-state index contributed by atoms with van der Waals surface area (Å²) in [5.41, 5.74) is 0.939. The summed E-state index contributed by atoms with van der Waals surface area (Å²) in [6.45, 7) is 2.72. The standard InChI is InChI=1S/C27H26ClF4N3O2/c28-22-11-7-20(8-12-22)25(37-18-19-5-9-21(10-6-19)27(30,31)32)17-34-13-15-35(16-14-34)26(36)33-24-4-2-1-3-23(24)29/h1-12,25H,13-18H2,(H,33,36)/t25-/m1/s1. The highest BCUT2D eigenvalue weighted by molar-refractivity contribution is 6.30. The number of nitrogens with zero attached hydrogens (tertiary/aromatic N) is 2. The lowest BCUT2D eigenvalue weighted by molar-refractivity contribution is -0.137. The average molecular weight is 536 g/mol. The number of rotatable bonds is 7. The zero-order chi connectivity index (χ0) is 26.4. The number of hydrogen-bond acceptors (Lipinski definition) is 3. The van der Waals surface area contributed by atoms with E-state index in [2.05, 4.69) is 10.2 Å². The Hall–Kier alpha value is -3.14. The molecule has 10 heteroatoms. The molecule has 1 atom stereocenters. The number of carbonyl (C=O) groups is 1. The zero-order valence-corrected chi connectivity index (χ0v) is 20.6. The van der Waals surface area contributed by atoms with Gasteiger partial charge in [0.25, 0.3) is 0 Å². The van der Waals surface area contributed by atoms with Gasteiger partial charge in [-0.3, -0.25) is 4.90 Å². The predicted octanol–water partition coefficient (Wildman–Crippen LogP) is 6.61. The van der Waals surface area contributed by atoms with Crippen molar-refractivity contribution < 1.29 is 27.1 Å². The molecular weight excluding hydrogens is 510 g/mol. The van der Waals surface area contributed by atoms with Gasteiger partial charge in [-0.1, -0.05) is 48.0 Å². The van der Waals surface area contributed by atoms with Crippen LogP contribution in [0.25, 0.3) is 0 Å². The molecule has 3 aromatic rings. The SMILES string of the molecule is O=C(Nc1ccccc1F)N1CCN(C[C@@H](OCc2ccc(C(F)(F)F)cc2)c2ccc(Cl)cc2)CC1. The number of nitrogens with one attached hydrogen (secondary N) is 1. The van der Waals surface area contributed by atoms with E-state index < -0.39 is 17.6 Å². The molecule has 0 bridgehead atoms. The first-order valence-corrected chi connectivity index (χ1v) is 12.1. The lowest BCUT2D eigenvalue weighted by atomic mass is 10.1. The normalized spacial score (nSPS) is 15.4. The Labute approximate surface area is 217 Å². The molecule has 0 saturated carbocycles. The molecule has 0 spiro atoms. The molecule has 0 aromatic heterocycles. The molecule has 1 aliphatic rings. The maximum Gasteiger partial charge on any atom is 0.416 e. The number of ether oxygens (including phenoxy) is 1. The molecule has 0 aliphatic carbocycles. The van der Waals surface area contributed by atoms with Gasteiger partial charge in [-0.2, -0.15) is 13.2 Å². The number of para-hydroxylation sites is 1. The van der Waals surface area contributed by atoms with E-state index in [1.54, 1.807) is 29.2 Å². The van der Waals surface area contributed by atoms with E-state index in [1.165, 1.54) is 24.3 Å². The first kappa shape index (κ1) is 26.9. The van der Waals surface area contributed by atoms with Gasteiger partial charge in [-0.15, -0.1) is 0 Å². The first-order valence-electron chi connectivity index (χ1n) is 11.7. The number of urea groups is 1. The van der Waals surface area contributed by atoms with Crippen LogP contribution in [0.3, 0.4) is 0 Å². The van der Waals surface area contributed by atoms with Crippen LogP contribution in [0.5, 0.6) is 0 Å². The number of hydrogen-bond donors (Lipinski definition) is 1. The fraction of sp³-hybridized carbons (Fsp3) is 0.296. The van der Waals surface area contributed by atoms with Crippen molar-refractivity contribution in [2.24, 2.45) is 0 Å². The van der Waals surface area contributed by atoms with Crippen LogP contribution in [0.4, 0.5) is 28.0 Å². The average Bonchev–Trinajstić information content (AvgIpc) is 2.88. The minimum absolute atomic E-state index is 0.134. The van der Waals surface area contributed by atoms with E-state index in [-0.39, 0.29) is 24.4 Å². The largest absolute Gasteiger partial charge is 0.416 e. The van der Waals surface area contributed by atoms with Crippen LogP contribution in [-0.4, -0.2) is 48.6 Å². The molecule has 4 rings (SSSR count). The minimum atomic E-state index is -4.39. The number of anilines is 1. The van der Waals surface area contributed by atoms with Crippen molar-refractivity contribution in [2.75, 3.05) is 38.0 Å². The van der Waals surface area contributed by atoms with Crippen LogP contribution in [0.15, 0.2) is 72.8 Å². The minimum Gasteiger partial charge on any atom is -0.368 e. The van der Waals surface area contributed by atoms with Gasteiger partial charge < -0.3 is 15.0 Å². The predicted molar refractivity (Wildman–Crippen MR) is 134 cm³/mol. The third-order valence-corrected chi connectivity index (χ3v) is 6.43. The number of halogens is 5. The molecule has 1 aliphatic heterocycles. The molecule has 1 N–H and O–H groups in total. The van der Waals surface area contributed by atoms with E-state index in [0.717, 1.165) is 17.7 Å². The molecular formula is C27H26ClF4N3O2. The summed E-state index contributed by atoms with van der Waals surface area (Å²) in [6.07, 6.45) is -4.75. The van der Waals surface area contributed by atoms with Gasteiger partial charge in [0.15, 0.2) is 0 Å². The van der Waals surface area contributed by atoms with E-state index in [9.17, 15) is 22.4 Å². The van der Waals surface area contributed by atoms with E-state index in [4.69, 9.17) is 16.3 Å². The Bertz CT molecular complexity index is 1180. The summed E-state index contributed by atoms with van der Waals surface area (Å²) in [4.78, 5) is 16.3. The van der Waals surface area contributed by atoms with Gasteiger partial charge >= 0.3 is 12.2 Å². The molecule has 1 saturated heterocycles. The van der Waals surface area contributed by atoms with Crippen molar-refractivity contribution in [3.8, 4) is 0 Å². The van der Waals surface area contributed by atoms with Crippen LogP contribution in [-0.2, 0) is 17.5 Å². The second-order valence-electron chi connectivity index (χ2n) is 8.74. The smallest absolute Gasteiger partial charge is 0.368 e. The van der Waals surface area contributed by atoms with E-state index in [1.807, 2.05) is 12.1 Å². The van der Waals surface area contributed by atoms with Gasteiger partial charge in [-0.05, 0) is 47.5 Å². The summed E-state index contributed by atoms with van der Waals surface area (Å²) in [7, 11) is 0. The lowest BCUT2D eigenvalue weighted by Crippen LogP contribution is -2.50. The Balaban J connectivity index is 1.36. The molecule has 0 radical (unpaired) electrons. The first-order chi connectivity index (χ1) is 17.7. The number of piperazine rings is 1. The molecule has 0 unspecified atom stereocenters. The molecule has 5 nitrogen and oxygen atoms in total. The molecule has 196 valence electrons. The Kier molecular flexibility index (Phi) is 8.68. The lowest BCUT2D eigenvalue weighted by Gasteiger charge is -2.36. The number of alkyl halides is 3. The van der Waals surface area contributed by atoms with Gasteiger partial charge in [0, 0.05) is 37.7 Å². The van der Waals surface area contributed by atoms with E-state index in [0.29, 0.717) is 43.3 Å². The maximum absolute atomic E-state index is 13.9. The van der Waals surface area contributed by atoms with Crippen molar-refractivity contribution in [3.05, 3.63) is 100 Å². The molecule has 2 amide bonds. The number of benzene rings is 3. The van der Waals surface area contributed by atoms with E-state index >= 15 is 0 Å². The number of carbonyl (C=O) groups excluding carboxylic acids is 1. The summed E-state index contributed by atoms with van der Waals surface area (Å²) < 4.78 is 58.6. The fourth-order valence-electron chi connectivity index (χ4n) is 4.04. The van der Waals surface area contributed by atoms with Crippen molar-refractivity contribution in [3.63, 3.8) is 0 Å². The van der Waals surface area contributed by atoms with Gasteiger partial charge in [0.05, 0.1) is 24.0 Å². The third kappa shape index (κ3) is 7.44. The Morgan fingerprint density at radius 2 is 1.59 bits per heavy atom. The Morgan fingerprint density at radius 3 is 2.22 bits per heavy atom. The molecule has 1 fully saturated rings. The highest BCUT2D eigenvalue weighted by atomic mass is 35.5. The van der Waals surface area contributed by atoms with Crippen molar-refractivity contribution in [1.29, 1.82) is 0 Å². The summed E-state index contributed by atoms with van der Waals surface area (Å²) in [6, 6.07) is 17.8.